The Labute approximate surface area is 98.8 Å². The molecule has 1 rings (SSSR count). The molecule has 0 saturated heterocycles. The summed E-state index contributed by atoms with van der Waals surface area (Å²) in [6.45, 7) is 3.88. The molecule has 0 spiro atoms. The zero-order valence-corrected chi connectivity index (χ0v) is 10.3. The monoisotopic (exact) mass is 246 g/mol. The fourth-order valence-corrected chi connectivity index (χ4v) is 2.10. The van der Waals surface area contributed by atoms with Crippen LogP contribution in [0.1, 0.15) is 18.2 Å². The van der Waals surface area contributed by atoms with Crippen LogP contribution in [0, 0.1) is 0 Å². The minimum absolute atomic E-state index is 0.0213. The molecule has 1 heterocycles. The second-order valence-corrected chi connectivity index (χ2v) is 4.96. The van der Waals surface area contributed by atoms with Crippen molar-refractivity contribution in [3.63, 3.8) is 0 Å². The van der Waals surface area contributed by atoms with E-state index in [2.05, 4.69) is 17.6 Å². The molecule has 0 aliphatic carbocycles. The van der Waals surface area contributed by atoms with Gasteiger partial charge in [-0.25, -0.2) is 0 Å². The van der Waals surface area contributed by atoms with E-state index in [4.69, 9.17) is 11.6 Å². The Morgan fingerprint density at radius 2 is 2.33 bits per heavy atom. The van der Waals surface area contributed by atoms with Crippen LogP contribution >= 0.6 is 22.9 Å². The second-order valence-electron chi connectivity index (χ2n) is 3.16. The maximum atomic E-state index is 11.3. The van der Waals surface area contributed by atoms with E-state index in [-0.39, 0.29) is 5.91 Å². The van der Waals surface area contributed by atoms with Crippen LogP contribution < -0.4 is 10.6 Å². The molecule has 0 saturated carbocycles. The van der Waals surface area contributed by atoms with Crippen molar-refractivity contribution in [3.05, 3.63) is 21.3 Å². The van der Waals surface area contributed by atoms with Crippen LogP contribution in [0.3, 0.4) is 0 Å². The van der Waals surface area contributed by atoms with Crippen molar-refractivity contribution in [1.82, 2.24) is 10.6 Å². The zero-order valence-electron chi connectivity index (χ0n) is 8.68. The first kappa shape index (κ1) is 12.5. The lowest BCUT2D eigenvalue weighted by Gasteiger charge is -2.04. The van der Waals surface area contributed by atoms with E-state index in [1.807, 2.05) is 12.1 Å². The lowest BCUT2D eigenvalue weighted by atomic mass is 10.4. The van der Waals surface area contributed by atoms with Gasteiger partial charge in [0, 0.05) is 4.88 Å². The molecule has 1 amide bonds. The van der Waals surface area contributed by atoms with Crippen LogP contribution in [0.4, 0.5) is 0 Å². The third-order valence-corrected chi connectivity index (χ3v) is 3.03. The average molecular weight is 247 g/mol. The number of rotatable bonds is 6. The van der Waals surface area contributed by atoms with Crippen molar-refractivity contribution in [2.24, 2.45) is 0 Å². The molecule has 3 nitrogen and oxygen atoms in total. The third-order valence-electron chi connectivity index (χ3n) is 1.80. The Morgan fingerprint density at radius 1 is 1.53 bits per heavy atom. The van der Waals surface area contributed by atoms with E-state index in [0.29, 0.717) is 13.1 Å². The number of carbonyl (C=O) groups is 1. The molecule has 1 aromatic heterocycles. The summed E-state index contributed by atoms with van der Waals surface area (Å²) in [5.41, 5.74) is 0. The van der Waals surface area contributed by atoms with Gasteiger partial charge in [0.2, 0.25) is 5.91 Å². The van der Waals surface area contributed by atoms with Crippen LogP contribution in [0.5, 0.6) is 0 Å². The highest BCUT2D eigenvalue weighted by Gasteiger charge is 2.01. The average Bonchev–Trinajstić information content (AvgIpc) is 2.62. The smallest absolute Gasteiger partial charge is 0.234 e. The first-order chi connectivity index (χ1) is 7.22. The van der Waals surface area contributed by atoms with Gasteiger partial charge < -0.3 is 10.6 Å². The maximum Gasteiger partial charge on any atom is 0.234 e. The van der Waals surface area contributed by atoms with Gasteiger partial charge in [-0.05, 0) is 25.1 Å². The summed E-state index contributed by atoms with van der Waals surface area (Å²) in [6, 6.07) is 3.76. The zero-order chi connectivity index (χ0) is 11.1. The molecule has 15 heavy (non-hydrogen) atoms. The van der Waals surface area contributed by atoms with Crippen LogP contribution in [-0.4, -0.2) is 19.0 Å². The Bertz CT molecular complexity index is 314. The van der Waals surface area contributed by atoms with Gasteiger partial charge in [0.1, 0.15) is 0 Å². The molecule has 0 aliphatic heterocycles. The summed E-state index contributed by atoms with van der Waals surface area (Å²) in [4.78, 5) is 12.4. The molecule has 1 aromatic rings. The van der Waals surface area contributed by atoms with Crippen molar-refractivity contribution in [1.29, 1.82) is 0 Å². The van der Waals surface area contributed by atoms with Gasteiger partial charge in [0.15, 0.2) is 0 Å². The maximum absolute atomic E-state index is 11.3. The van der Waals surface area contributed by atoms with Gasteiger partial charge in [0.25, 0.3) is 0 Å². The normalized spacial score (nSPS) is 10.3. The van der Waals surface area contributed by atoms with E-state index in [0.717, 1.165) is 22.2 Å². The SMILES string of the molecule is CCCNCC(=O)NCc1ccc(Cl)s1. The molecular weight excluding hydrogens is 232 g/mol. The van der Waals surface area contributed by atoms with Gasteiger partial charge in [-0.15, -0.1) is 11.3 Å². The highest BCUT2D eigenvalue weighted by atomic mass is 35.5. The Hall–Kier alpha value is -0.580. The number of thiophene rings is 1. The number of nitrogens with one attached hydrogen (secondary N) is 2. The Morgan fingerprint density at radius 3 is 2.93 bits per heavy atom. The van der Waals surface area contributed by atoms with Gasteiger partial charge >= 0.3 is 0 Å². The van der Waals surface area contributed by atoms with Crippen LogP contribution in [0.25, 0.3) is 0 Å². The molecule has 0 atom stereocenters. The molecular formula is C10H15ClN2OS. The van der Waals surface area contributed by atoms with E-state index in [9.17, 15) is 4.79 Å². The van der Waals surface area contributed by atoms with E-state index in [1.54, 1.807) is 0 Å². The number of amides is 1. The molecule has 0 fully saturated rings. The van der Waals surface area contributed by atoms with Gasteiger partial charge in [-0.2, -0.15) is 0 Å². The molecule has 84 valence electrons. The minimum Gasteiger partial charge on any atom is -0.350 e. The summed E-state index contributed by atoms with van der Waals surface area (Å²) in [7, 11) is 0. The summed E-state index contributed by atoms with van der Waals surface area (Å²) < 4.78 is 0.753. The number of hydrogen-bond acceptors (Lipinski definition) is 3. The molecule has 2 N–H and O–H groups in total. The molecule has 5 heteroatoms. The number of carbonyl (C=O) groups excluding carboxylic acids is 1. The van der Waals surface area contributed by atoms with Crippen molar-refractivity contribution >= 4 is 28.8 Å². The van der Waals surface area contributed by atoms with E-state index < -0.39 is 0 Å². The molecule has 0 aliphatic rings. The minimum atomic E-state index is 0.0213. The van der Waals surface area contributed by atoms with Gasteiger partial charge in [0.05, 0.1) is 17.4 Å². The fraction of sp³-hybridized carbons (Fsp3) is 0.500. The third kappa shape index (κ3) is 5.16. The molecule has 0 bridgehead atoms. The summed E-state index contributed by atoms with van der Waals surface area (Å²) in [5.74, 6) is 0.0213. The quantitative estimate of drug-likeness (QED) is 0.754. The summed E-state index contributed by atoms with van der Waals surface area (Å²) in [5, 5.41) is 5.86. The van der Waals surface area contributed by atoms with Crippen molar-refractivity contribution < 1.29 is 4.79 Å². The van der Waals surface area contributed by atoms with E-state index in [1.165, 1.54) is 11.3 Å². The summed E-state index contributed by atoms with van der Waals surface area (Å²) in [6.07, 6.45) is 1.04. The van der Waals surface area contributed by atoms with Crippen molar-refractivity contribution in [2.75, 3.05) is 13.1 Å². The van der Waals surface area contributed by atoms with Crippen LogP contribution in [0.15, 0.2) is 12.1 Å². The van der Waals surface area contributed by atoms with Crippen LogP contribution in [0.2, 0.25) is 4.34 Å². The number of halogens is 1. The summed E-state index contributed by atoms with van der Waals surface area (Å²) >= 11 is 7.26. The predicted octanol–water partition coefficient (Wildman–Crippen LogP) is 2.02. The topological polar surface area (TPSA) is 41.1 Å². The highest BCUT2D eigenvalue weighted by molar-refractivity contribution is 7.16. The lowest BCUT2D eigenvalue weighted by molar-refractivity contribution is -0.120. The first-order valence-corrected chi connectivity index (χ1v) is 6.13. The highest BCUT2D eigenvalue weighted by Crippen LogP contribution is 2.20. The van der Waals surface area contributed by atoms with E-state index >= 15 is 0 Å². The van der Waals surface area contributed by atoms with Crippen molar-refractivity contribution in [2.45, 2.75) is 19.9 Å². The standard InChI is InChI=1S/C10H15ClN2OS/c1-2-5-12-7-10(14)13-6-8-3-4-9(11)15-8/h3-4,12H,2,5-7H2,1H3,(H,13,14). The molecule has 0 unspecified atom stereocenters. The Balaban J connectivity index is 2.16. The lowest BCUT2D eigenvalue weighted by Crippen LogP contribution is -2.33. The largest absolute Gasteiger partial charge is 0.350 e. The molecule has 0 radical (unpaired) electrons. The number of hydrogen-bond donors (Lipinski definition) is 2. The molecule has 0 aromatic carbocycles. The fourth-order valence-electron chi connectivity index (χ4n) is 1.07. The van der Waals surface area contributed by atoms with Crippen LogP contribution in [-0.2, 0) is 11.3 Å². The first-order valence-electron chi connectivity index (χ1n) is 4.94. The predicted molar refractivity (Wildman–Crippen MR) is 64.3 cm³/mol. The second kappa shape index (κ2) is 6.82. The Kier molecular flexibility index (Phi) is 5.68. The van der Waals surface area contributed by atoms with Gasteiger partial charge in [-0.1, -0.05) is 18.5 Å². The van der Waals surface area contributed by atoms with Gasteiger partial charge in [-0.3, -0.25) is 4.79 Å². The van der Waals surface area contributed by atoms with Crippen molar-refractivity contribution in [3.8, 4) is 0 Å².